The summed E-state index contributed by atoms with van der Waals surface area (Å²) in [4.78, 5) is 19.2. The molecule has 25 heavy (non-hydrogen) atoms. The Kier molecular flexibility index (Phi) is 5.81. The standard InChI is InChI=1S/C19H20BrN3OS/c1-22(11-14-7-9-15(20)10-8-14)19(24)12-23-17-6-4-3-5-16(17)21-18(23)13-25-2/h3-10H,11-13H2,1-2H3. The zero-order chi connectivity index (χ0) is 17.8. The monoisotopic (exact) mass is 417 g/mol. The number of benzene rings is 2. The minimum atomic E-state index is 0.0772. The second-order valence-electron chi connectivity index (χ2n) is 5.91. The fourth-order valence-electron chi connectivity index (χ4n) is 2.75. The zero-order valence-corrected chi connectivity index (χ0v) is 16.7. The van der Waals surface area contributed by atoms with Crippen LogP contribution in [0.3, 0.4) is 0 Å². The van der Waals surface area contributed by atoms with Crippen LogP contribution in [0.4, 0.5) is 0 Å². The van der Waals surface area contributed by atoms with Gasteiger partial charge in [0.2, 0.25) is 5.91 Å². The van der Waals surface area contributed by atoms with Crippen molar-refractivity contribution in [2.75, 3.05) is 13.3 Å². The van der Waals surface area contributed by atoms with Crippen LogP contribution in [0.15, 0.2) is 53.0 Å². The van der Waals surface area contributed by atoms with Crippen molar-refractivity contribution in [2.24, 2.45) is 0 Å². The molecule has 0 N–H and O–H groups in total. The summed E-state index contributed by atoms with van der Waals surface area (Å²) >= 11 is 5.14. The molecule has 0 aliphatic carbocycles. The maximum atomic E-state index is 12.7. The molecule has 0 radical (unpaired) electrons. The summed E-state index contributed by atoms with van der Waals surface area (Å²) in [5.74, 6) is 1.81. The highest BCUT2D eigenvalue weighted by Crippen LogP contribution is 2.19. The van der Waals surface area contributed by atoms with Crippen molar-refractivity contribution in [3.05, 3.63) is 64.4 Å². The SMILES string of the molecule is CSCc1nc2ccccc2n1CC(=O)N(C)Cc1ccc(Br)cc1. The van der Waals surface area contributed by atoms with E-state index < -0.39 is 0 Å². The number of hydrogen-bond donors (Lipinski definition) is 0. The molecule has 0 saturated heterocycles. The Morgan fingerprint density at radius 2 is 1.92 bits per heavy atom. The molecule has 1 heterocycles. The third-order valence-corrected chi connectivity index (χ3v) is 5.13. The predicted octanol–water partition coefficient (Wildman–Crippen LogP) is 4.32. The molecule has 1 amide bonds. The number of fused-ring (bicyclic) bond motifs is 1. The first-order chi connectivity index (χ1) is 12.1. The van der Waals surface area contributed by atoms with Crippen molar-refractivity contribution in [2.45, 2.75) is 18.8 Å². The van der Waals surface area contributed by atoms with Gasteiger partial charge in [0.15, 0.2) is 0 Å². The summed E-state index contributed by atoms with van der Waals surface area (Å²) in [6, 6.07) is 16.0. The fourth-order valence-corrected chi connectivity index (χ4v) is 3.49. The first kappa shape index (κ1) is 18.0. The average molecular weight is 418 g/mol. The third-order valence-electron chi connectivity index (χ3n) is 4.06. The number of halogens is 1. The molecule has 0 bridgehead atoms. The van der Waals surface area contributed by atoms with Gasteiger partial charge in [0, 0.05) is 18.1 Å². The molecule has 4 nitrogen and oxygen atoms in total. The average Bonchev–Trinajstić information content (AvgIpc) is 2.95. The van der Waals surface area contributed by atoms with Gasteiger partial charge in [-0.3, -0.25) is 4.79 Å². The number of rotatable bonds is 6. The molecule has 3 aromatic rings. The van der Waals surface area contributed by atoms with E-state index in [0.717, 1.165) is 32.6 Å². The topological polar surface area (TPSA) is 38.1 Å². The van der Waals surface area contributed by atoms with Gasteiger partial charge < -0.3 is 9.47 Å². The highest BCUT2D eigenvalue weighted by Gasteiger charge is 2.16. The number of likely N-dealkylation sites (N-methyl/N-ethyl adjacent to an activating group) is 1. The van der Waals surface area contributed by atoms with E-state index >= 15 is 0 Å². The minimum Gasteiger partial charge on any atom is -0.340 e. The Morgan fingerprint density at radius 3 is 2.64 bits per heavy atom. The van der Waals surface area contributed by atoms with Crippen LogP contribution in [-0.4, -0.2) is 33.7 Å². The normalized spacial score (nSPS) is 11.0. The van der Waals surface area contributed by atoms with Crippen molar-refractivity contribution in [1.82, 2.24) is 14.5 Å². The molecular formula is C19H20BrN3OS. The lowest BCUT2D eigenvalue weighted by molar-refractivity contribution is -0.131. The molecule has 0 aliphatic rings. The molecule has 0 spiro atoms. The van der Waals surface area contributed by atoms with Crippen LogP contribution in [0, 0.1) is 0 Å². The Hall–Kier alpha value is -1.79. The van der Waals surface area contributed by atoms with Crippen LogP contribution in [0.1, 0.15) is 11.4 Å². The second-order valence-corrected chi connectivity index (χ2v) is 7.69. The molecule has 3 rings (SSSR count). The van der Waals surface area contributed by atoms with Crippen LogP contribution < -0.4 is 0 Å². The summed E-state index contributed by atoms with van der Waals surface area (Å²) in [5, 5.41) is 0. The number of carbonyl (C=O) groups excluding carboxylic acids is 1. The smallest absolute Gasteiger partial charge is 0.242 e. The Balaban J connectivity index is 1.78. The summed E-state index contributed by atoms with van der Waals surface area (Å²) in [5.41, 5.74) is 3.06. The molecule has 0 saturated carbocycles. The first-order valence-corrected chi connectivity index (χ1v) is 10.2. The minimum absolute atomic E-state index is 0.0772. The number of para-hydroxylation sites is 2. The van der Waals surface area contributed by atoms with Gasteiger partial charge in [-0.1, -0.05) is 40.2 Å². The molecule has 0 fully saturated rings. The first-order valence-electron chi connectivity index (χ1n) is 8.00. The number of amides is 1. The lowest BCUT2D eigenvalue weighted by atomic mass is 10.2. The number of imidazole rings is 1. The highest BCUT2D eigenvalue weighted by atomic mass is 79.9. The molecule has 6 heteroatoms. The molecule has 0 aliphatic heterocycles. The van der Waals surface area contributed by atoms with Crippen molar-refractivity contribution in [3.8, 4) is 0 Å². The zero-order valence-electron chi connectivity index (χ0n) is 14.3. The fraction of sp³-hybridized carbons (Fsp3) is 0.263. The van der Waals surface area contributed by atoms with E-state index in [2.05, 4.69) is 20.9 Å². The van der Waals surface area contributed by atoms with E-state index in [9.17, 15) is 4.79 Å². The summed E-state index contributed by atoms with van der Waals surface area (Å²) in [6.07, 6.45) is 2.05. The molecular weight excluding hydrogens is 398 g/mol. The number of carbonyl (C=O) groups is 1. The van der Waals surface area contributed by atoms with Crippen LogP contribution in [0.25, 0.3) is 11.0 Å². The molecule has 1 aromatic heterocycles. The van der Waals surface area contributed by atoms with Gasteiger partial charge in [-0.15, -0.1) is 0 Å². The largest absolute Gasteiger partial charge is 0.340 e. The van der Waals surface area contributed by atoms with Crippen molar-refractivity contribution in [1.29, 1.82) is 0 Å². The van der Waals surface area contributed by atoms with Gasteiger partial charge in [0.05, 0.1) is 16.8 Å². The van der Waals surface area contributed by atoms with Gasteiger partial charge in [-0.25, -0.2) is 4.98 Å². The van der Waals surface area contributed by atoms with Crippen molar-refractivity contribution >= 4 is 44.6 Å². The van der Waals surface area contributed by atoms with Crippen LogP contribution in [0.2, 0.25) is 0 Å². The van der Waals surface area contributed by atoms with Crippen molar-refractivity contribution in [3.63, 3.8) is 0 Å². The maximum absolute atomic E-state index is 12.7. The number of hydrogen-bond acceptors (Lipinski definition) is 3. The Morgan fingerprint density at radius 1 is 1.20 bits per heavy atom. The molecule has 0 atom stereocenters. The highest BCUT2D eigenvalue weighted by molar-refractivity contribution is 9.10. The van der Waals surface area contributed by atoms with Crippen LogP contribution >= 0.6 is 27.7 Å². The van der Waals surface area contributed by atoms with Gasteiger partial charge >= 0.3 is 0 Å². The summed E-state index contributed by atoms with van der Waals surface area (Å²) < 4.78 is 3.07. The number of thioether (sulfide) groups is 1. The molecule has 0 unspecified atom stereocenters. The Bertz CT molecular complexity index is 876. The Labute approximate surface area is 160 Å². The van der Waals surface area contributed by atoms with E-state index in [1.54, 1.807) is 16.7 Å². The molecule has 2 aromatic carbocycles. The van der Waals surface area contributed by atoms with Crippen LogP contribution in [-0.2, 0) is 23.6 Å². The van der Waals surface area contributed by atoms with Gasteiger partial charge in [0.1, 0.15) is 12.4 Å². The maximum Gasteiger partial charge on any atom is 0.242 e. The van der Waals surface area contributed by atoms with E-state index in [4.69, 9.17) is 0 Å². The van der Waals surface area contributed by atoms with Crippen LogP contribution in [0.5, 0.6) is 0 Å². The van der Waals surface area contributed by atoms with Gasteiger partial charge in [0.25, 0.3) is 0 Å². The van der Waals surface area contributed by atoms with E-state index in [1.807, 2.05) is 66.4 Å². The molecule has 130 valence electrons. The van der Waals surface area contributed by atoms with E-state index in [-0.39, 0.29) is 5.91 Å². The third kappa shape index (κ3) is 4.25. The summed E-state index contributed by atoms with van der Waals surface area (Å²) in [7, 11) is 1.84. The van der Waals surface area contributed by atoms with E-state index in [0.29, 0.717) is 13.1 Å². The predicted molar refractivity (Wildman–Crippen MR) is 108 cm³/mol. The lowest BCUT2D eigenvalue weighted by Crippen LogP contribution is -2.30. The second kappa shape index (κ2) is 8.06. The van der Waals surface area contributed by atoms with E-state index in [1.165, 1.54) is 0 Å². The van der Waals surface area contributed by atoms with Gasteiger partial charge in [-0.2, -0.15) is 11.8 Å². The van der Waals surface area contributed by atoms with Crippen molar-refractivity contribution < 1.29 is 4.79 Å². The quantitative estimate of drug-likeness (QED) is 0.599. The summed E-state index contributed by atoms with van der Waals surface area (Å²) in [6.45, 7) is 0.903. The lowest BCUT2D eigenvalue weighted by Gasteiger charge is -2.19. The number of nitrogens with zero attached hydrogens (tertiary/aromatic N) is 3. The van der Waals surface area contributed by atoms with Gasteiger partial charge in [-0.05, 0) is 36.1 Å². The number of aromatic nitrogens is 2.